The first-order chi connectivity index (χ1) is 7.54. The smallest absolute Gasteiger partial charge is 0.172 e. The molecule has 0 spiro atoms. The van der Waals surface area contributed by atoms with E-state index in [-0.39, 0.29) is 4.65 Å². The maximum Gasteiger partial charge on any atom is 0.172 e. The molecule has 0 bridgehead atoms. The highest BCUT2D eigenvalue weighted by atomic mass is 16.5. The van der Waals surface area contributed by atoms with Crippen LogP contribution < -0.4 is 0 Å². The summed E-state index contributed by atoms with van der Waals surface area (Å²) >= 11 is 0. The molecule has 16 heavy (non-hydrogen) atoms. The van der Waals surface area contributed by atoms with Gasteiger partial charge in [0.25, 0.3) is 0 Å². The van der Waals surface area contributed by atoms with Gasteiger partial charge in [-0.05, 0) is 13.0 Å². The Hall–Kier alpha value is -1.12. The Morgan fingerprint density at radius 2 is 1.88 bits per heavy atom. The number of quaternary nitrogens is 1. The molecule has 2 heteroatoms. The van der Waals surface area contributed by atoms with Crippen LogP contribution in [0.15, 0.2) is 43.0 Å². The van der Waals surface area contributed by atoms with Gasteiger partial charge >= 0.3 is 0 Å². The molecule has 2 unspecified atom stereocenters. The van der Waals surface area contributed by atoms with Crippen molar-refractivity contribution in [2.45, 2.75) is 25.8 Å². The van der Waals surface area contributed by atoms with Crippen LogP contribution in [-0.4, -0.2) is 23.4 Å². The normalized spacial score (nSPS) is 18.5. The third-order valence-electron chi connectivity index (χ3n) is 3.63. The molecule has 2 atom stereocenters. The van der Waals surface area contributed by atoms with Gasteiger partial charge in [0.2, 0.25) is 0 Å². The SMILES string of the molecule is C=CC(CC)(c1ccccc1)[N+](C)(O)CC. The van der Waals surface area contributed by atoms with Crippen molar-refractivity contribution in [3.8, 4) is 0 Å². The molecule has 0 aromatic heterocycles. The summed E-state index contributed by atoms with van der Waals surface area (Å²) in [5, 5.41) is 10.6. The second kappa shape index (κ2) is 4.81. The van der Waals surface area contributed by atoms with Gasteiger partial charge < -0.3 is 0 Å². The van der Waals surface area contributed by atoms with E-state index in [0.717, 1.165) is 12.0 Å². The lowest BCUT2D eigenvalue weighted by Crippen LogP contribution is -2.56. The highest BCUT2D eigenvalue weighted by Gasteiger charge is 2.45. The van der Waals surface area contributed by atoms with E-state index in [1.165, 1.54) is 0 Å². The van der Waals surface area contributed by atoms with Crippen LogP contribution in [0, 0.1) is 0 Å². The second-order valence-corrected chi connectivity index (χ2v) is 4.30. The molecule has 1 aromatic rings. The minimum absolute atomic E-state index is 0.0585. The van der Waals surface area contributed by atoms with Crippen LogP contribution in [0.25, 0.3) is 0 Å². The van der Waals surface area contributed by atoms with Crippen LogP contribution >= 0.6 is 0 Å². The van der Waals surface area contributed by atoms with Gasteiger partial charge in [0, 0.05) is 12.0 Å². The third-order valence-corrected chi connectivity index (χ3v) is 3.63. The van der Waals surface area contributed by atoms with E-state index < -0.39 is 5.54 Å². The molecule has 0 radical (unpaired) electrons. The number of benzene rings is 1. The summed E-state index contributed by atoms with van der Waals surface area (Å²) < 4.78 is -0.0585. The topological polar surface area (TPSA) is 20.2 Å². The Kier molecular flexibility index (Phi) is 3.89. The van der Waals surface area contributed by atoms with Gasteiger partial charge in [0.15, 0.2) is 5.54 Å². The number of likely N-dealkylation sites (N-methyl/N-ethyl adjacent to an activating group) is 1. The van der Waals surface area contributed by atoms with Crippen LogP contribution in [0.3, 0.4) is 0 Å². The van der Waals surface area contributed by atoms with Crippen molar-refractivity contribution < 1.29 is 9.85 Å². The van der Waals surface area contributed by atoms with Crippen LogP contribution in [0.1, 0.15) is 25.8 Å². The number of nitrogens with zero attached hydrogens (tertiary/aromatic N) is 1. The van der Waals surface area contributed by atoms with E-state index in [2.05, 4.69) is 13.5 Å². The van der Waals surface area contributed by atoms with Crippen molar-refractivity contribution in [3.63, 3.8) is 0 Å². The average Bonchev–Trinajstić information content (AvgIpc) is 2.32. The van der Waals surface area contributed by atoms with Gasteiger partial charge in [-0.15, -0.1) is 0 Å². The van der Waals surface area contributed by atoms with E-state index in [1.54, 1.807) is 0 Å². The predicted molar refractivity (Wildman–Crippen MR) is 67.1 cm³/mol. The maximum absolute atomic E-state index is 10.6. The fourth-order valence-corrected chi connectivity index (χ4v) is 2.29. The van der Waals surface area contributed by atoms with Crippen molar-refractivity contribution in [2.24, 2.45) is 0 Å². The van der Waals surface area contributed by atoms with Gasteiger partial charge in [0.05, 0.1) is 7.05 Å². The molecule has 1 N–H and O–H groups in total. The second-order valence-electron chi connectivity index (χ2n) is 4.30. The van der Waals surface area contributed by atoms with Crippen molar-refractivity contribution >= 4 is 0 Å². The summed E-state index contributed by atoms with van der Waals surface area (Å²) in [5.41, 5.74) is 0.690. The number of hydroxylamine groups is 3. The number of rotatable bonds is 5. The Bertz CT molecular complexity index is 345. The molecule has 0 aliphatic heterocycles. The molecule has 0 heterocycles. The van der Waals surface area contributed by atoms with E-state index in [1.807, 2.05) is 50.4 Å². The molecule has 0 saturated carbocycles. The number of hydrogen-bond donors (Lipinski definition) is 1. The molecule has 0 saturated heterocycles. The summed E-state index contributed by atoms with van der Waals surface area (Å²) in [6.45, 7) is 8.63. The van der Waals surface area contributed by atoms with Gasteiger partial charge in [-0.3, -0.25) is 0 Å². The standard InChI is InChI=1S/C14H22NO/c1-5-14(6-2,15(4,16)7-3)13-11-9-8-10-12-13/h5,8-12,16H,1,6-7H2,2-4H3/q+1. The van der Waals surface area contributed by atoms with Crippen molar-refractivity contribution in [2.75, 3.05) is 13.6 Å². The molecule has 2 nitrogen and oxygen atoms in total. The first kappa shape index (κ1) is 12.9. The highest BCUT2D eigenvalue weighted by molar-refractivity contribution is 5.26. The summed E-state index contributed by atoms with van der Waals surface area (Å²) in [4.78, 5) is 0. The molecular formula is C14H22NO+. The Morgan fingerprint density at radius 3 is 2.25 bits per heavy atom. The average molecular weight is 220 g/mol. The highest BCUT2D eigenvalue weighted by Crippen LogP contribution is 2.36. The maximum atomic E-state index is 10.6. The fourth-order valence-electron chi connectivity index (χ4n) is 2.29. The molecule has 0 amide bonds. The summed E-state index contributed by atoms with van der Waals surface area (Å²) in [6.07, 6.45) is 2.69. The Balaban J connectivity index is 3.32. The summed E-state index contributed by atoms with van der Waals surface area (Å²) in [6, 6.07) is 10.1. The van der Waals surface area contributed by atoms with E-state index >= 15 is 0 Å². The lowest BCUT2D eigenvalue weighted by Gasteiger charge is -2.42. The van der Waals surface area contributed by atoms with Crippen LogP contribution in [0.4, 0.5) is 0 Å². The minimum atomic E-state index is -0.421. The Morgan fingerprint density at radius 1 is 1.31 bits per heavy atom. The molecule has 0 fully saturated rings. The zero-order chi connectivity index (χ0) is 12.2. The predicted octanol–water partition coefficient (Wildman–Crippen LogP) is 3.33. The van der Waals surface area contributed by atoms with E-state index in [4.69, 9.17) is 0 Å². The van der Waals surface area contributed by atoms with Crippen molar-refractivity contribution in [1.29, 1.82) is 0 Å². The molecule has 88 valence electrons. The molecule has 1 rings (SSSR count). The monoisotopic (exact) mass is 220 g/mol. The largest absolute Gasteiger partial charge is 0.216 e. The molecule has 1 aromatic carbocycles. The van der Waals surface area contributed by atoms with E-state index in [9.17, 15) is 5.21 Å². The Labute approximate surface area is 98.4 Å². The molecule has 0 aliphatic rings. The lowest BCUT2D eigenvalue weighted by molar-refractivity contribution is -1.13. The first-order valence-corrected chi connectivity index (χ1v) is 5.81. The van der Waals surface area contributed by atoms with Crippen molar-refractivity contribution in [1.82, 2.24) is 0 Å². The van der Waals surface area contributed by atoms with Crippen molar-refractivity contribution in [3.05, 3.63) is 48.6 Å². The fraction of sp³-hybridized carbons (Fsp3) is 0.429. The molecular weight excluding hydrogens is 198 g/mol. The van der Waals surface area contributed by atoms with Crippen LogP contribution in [-0.2, 0) is 5.54 Å². The zero-order valence-corrected chi connectivity index (χ0v) is 10.5. The quantitative estimate of drug-likeness (QED) is 0.458. The van der Waals surface area contributed by atoms with Crippen LogP contribution in [0.5, 0.6) is 0 Å². The van der Waals surface area contributed by atoms with Gasteiger partial charge in [-0.1, -0.05) is 43.8 Å². The van der Waals surface area contributed by atoms with Gasteiger partial charge in [-0.25, -0.2) is 5.21 Å². The van der Waals surface area contributed by atoms with Gasteiger partial charge in [0.1, 0.15) is 6.54 Å². The number of hydrogen-bond acceptors (Lipinski definition) is 1. The van der Waals surface area contributed by atoms with E-state index in [0.29, 0.717) is 6.54 Å². The molecule has 0 aliphatic carbocycles. The lowest BCUT2D eigenvalue weighted by atomic mass is 9.85. The minimum Gasteiger partial charge on any atom is -0.216 e. The van der Waals surface area contributed by atoms with Crippen LogP contribution in [0.2, 0.25) is 0 Å². The summed E-state index contributed by atoms with van der Waals surface area (Å²) in [7, 11) is 1.83. The third kappa shape index (κ3) is 1.91. The zero-order valence-electron chi connectivity index (χ0n) is 10.5. The summed E-state index contributed by atoms with van der Waals surface area (Å²) in [5.74, 6) is 0. The first-order valence-electron chi connectivity index (χ1n) is 5.81. The van der Waals surface area contributed by atoms with Gasteiger partial charge in [-0.2, -0.15) is 4.65 Å².